The number of allylic oxidation sites excluding steroid dienone is 4. The number of hydrogen-bond acceptors (Lipinski definition) is 5. The second-order valence-electron chi connectivity index (χ2n) is 21.1. The number of nitrogens with zero attached hydrogens (tertiary/aromatic N) is 3. The molecule has 76 heavy (non-hydrogen) atoms. The topological polar surface area (TPSA) is 71.5 Å². The van der Waals surface area contributed by atoms with Gasteiger partial charge in [0, 0.05) is 59.4 Å². The van der Waals surface area contributed by atoms with Gasteiger partial charge in [-0.15, -0.1) is 0 Å². The summed E-state index contributed by atoms with van der Waals surface area (Å²) in [6, 6.07) is 58.3. The Bertz CT molecular complexity index is 5370. The Balaban J connectivity index is 0.727. The van der Waals surface area contributed by atoms with E-state index in [1.165, 1.54) is 87.5 Å². The number of fused-ring (bicyclic) bond motifs is 23. The third-order valence-electron chi connectivity index (χ3n) is 17.1. The normalized spacial score (nSPS) is 16.8. The van der Waals surface area contributed by atoms with Crippen molar-refractivity contribution in [2.24, 2.45) is 4.99 Å². The molecule has 2 atom stereocenters. The van der Waals surface area contributed by atoms with Crippen LogP contribution in [0, 0.1) is 0 Å². The molecule has 7 nitrogen and oxygen atoms in total. The quantitative estimate of drug-likeness (QED) is 0.185. The van der Waals surface area contributed by atoms with Gasteiger partial charge in [-0.25, -0.2) is 4.99 Å². The minimum absolute atomic E-state index is 0.0562. The van der Waals surface area contributed by atoms with Gasteiger partial charge in [-0.05, 0) is 123 Å². The minimum atomic E-state index is 0.0562. The lowest BCUT2D eigenvalue weighted by Gasteiger charge is -2.25. The van der Waals surface area contributed by atoms with Crippen molar-refractivity contribution in [3.8, 4) is 33.4 Å². The van der Waals surface area contributed by atoms with Crippen LogP contribution in [0.25, 0.3) is 148 Å². The molecular formula is C69H39N5O2. The van der Waals surface area contributed by atoms with E-state index in [0.29, 0.717) is 0 Å². The van der Waals surface area contributed by atoms with Crippen LogP contribution < -0.4 is 10.6 Å². The molecule has 0 bridgehead atoms. The Kier molecular flexibility index (Phi) is 7.23. The number of furan rings is 2. The van der Waals surface area contributed by atoms with Gasteiger partial charge < -0.3 is 19.5 Å². The molecule has 8 heterocycles. The van der Waals surface area contributed by atoms with Crippen LogP contribution in [-0.4, -0.2) is 26.6 Å². The highest BCUT2D eigenvalue weighted by Gasteiger charge is 2.32. The van der Waals surface area contributed by atoms with E-state index in [2.05, 4.69) is 232 Å². The van der Waals surface area contributed by atoms with Gasteiger partial charge in [-0.1, -0.05) is 140 Å². The zero-order valence-corrected chi connectivity index (χ0v) is 40.5. The lowest BCUT2D eigenvalue weighted by molar-refractivity contribution is 0.671. The first-order chi connectivity index (χ1) is 37.6. The van der Waals surface area contributed by atoms with Crippen molar-refractivity contribution >= 4 is 138 Å². The molecule has 2 N–H and O–H groups in total. The first kappa shape index (κ1) is 39.4. The largest absolute Gasteiger partial charge is 0.454 e. The zero-order chi connectivity index (χ0) is 49.1. The predicted octanol–water partition coefficient (Wildman–Crippen LogP) is 17.9. The Hall–Kier alpha value is -10.1. The van der Waals surface area contributed by atoms with Crippen molar-refractivity contribution in [3.05, 3.63) is 217 Å². The molecule has 0 saturated carbocycles. The summed E-state index contributed by atoms with van der Waals surface area (Å²) in [5, 5.41) is 21.8. The van der Waals surface area contributed by atoms with E-state index in [-0.39, 0.29) is 12.1 Å². The van der Waals surface area contributed by atoms with Crippen molar-refractivity contribution in [2.45, 2.75) is 12.1 Å². The molecule has 9 aromatic carbocycles. The van der Waals surface area contributed by atoms with Crippen LogP contribution in [0.5, 0.6) is 0 Å². The Morgan fingerprint density at radius 3 is 1.89 bits per heavy atom. The third kappa shape index (κ3) is 5.04. The maximum atomic E-state index is 6.88. The van der Waals surface area contributed by atoms with Gasteiger partial charge in [0.25, 0.3) is 0 Å². The first-order valence-corrected chi connectivity index (χ1v) is 26.2. The fraction of sp³-hybridized carbons (Fsp3) is 0.0290. The van der Waals surface area contributed by atoms with Gasteiger partial charge >= 0.3 is 0 Å². The van der Waals surface area contributed by atoms with Crippen LogP contribution in [0.15, 0.2) is 226 Å². The van der Waals surface area contributed by atoms with E-state index >= 15 is 0 Å². The highest BCUT2D eigenvalue weighted by Crippen LogP contribution is 2.51. The maximum Gasteiger partial charge on any atom is 0.162 e. The summed E-state index contributed by atoms with van der Waals surface area (Å²) in [5.74, 6) is 2.03. The molecule has 6 aromatic heterocycles. The fourth-order valence-corrected chi connectivity index (χ4v) is 13.7. The highest BCUT2D eigenvalue weighted by molar-refractivity contribution is 6.29. The van der Waals surface area contributed by atoms with Crippen molar-refractivity contribution < 1.29 is 8.83 Å². The van der Waals surface area contributed by atoms with Gasteiger partial charge in [0.2, 0.25) is 0 Å². The number of aromatic nitrogens is 2. The van der Waals surface area contributed by atoms with E-state index in [1.54, 1.807) is 0 Å². The molecule has 0 saturated heterocycles. The summed E-state index contributed by atoms with van der Waals surface area (Å²) < 4.78 is 18.4. The highest BCUT2D eigenvalue weighted by atomic mass is 16.3. The van der Waals surface area contributed by atoms with Gasteiger partial charge in [-0.2, -0.15) is 0 Å². The third-order valence-corrected chi connectivity index (χ3v) is 17.1. The molecule has 2 unspecified atom stereocenters. The monoisotopic (exact) mass is 969 g/mol. The summed E-state index contributed by atoms with van der Waals surface area (Å²) in [6.07, 6.45) is 19.6. The van der Waals surface area contributed by atoms with Crippen LogP contribution in [0.1, 0.15) is 5.56 Å². The second-order valence-corrected chi connectivity index (χ2v) is 21.1. The van der Waals surface area contributed by atoms with Gasteiger partial charge in [0.05, 0.1) is 45.5 Å². The van der Waals surface area contributed by atoms with E-state index in [9.17, 15) is 0 Å². The van der Waals surface area contributed by atoms with Crippen LogP contribution in [0.3, 0.4) is 0 Å². The summed E-state index contributed by atoms with van der Waals surface area (Å²) in [5.41, 5.74) is 19.7. The molecule has 0 fully saturated rings. The standard InChI is InChI=1S/C69H39N5O2/c1-3-15-56-42(9-1)33-55-54-35-44(34-53-48-25-26-49-45-12-2-6-18-59(45)75-66(49)65(48)73(63(53)54)68(55)71-56)40-22-20-36-19-21-39(30-43(36)31-40)37-10-7-11-38(29-37)41-23-28-60-52(32-41)50-27-24-47-46-13-8-14-51-61-69(72-58-17-5-4-16-57(58)70-61)74(62(46)51)64(47)67(50)76-60/h1-35,56-57,70-71H. The summed E-state index contributed by atoms with van der Waals surface area (Å²) >= 11 is 0. The maximum absolute atomic E-state index is 6.88. The smallest absolute Gasteiger partial charge is 0.162 e. The molecule has 2 aliphatic carbocycles. The number of nitrogens with one attached hydrogen (secondary N) is 2. The SMILES string of the molecule is C1=CC2=Cc3c(n4c5c3cc(-c3ccc6ccc(-c7cccc(-c8ccc9oc%10c(ccc%11c%12cccc%13c%14c(n(c%13%12)c%11%10)N=C%10C=CC=CC%10N%14)c9c8)c7)cc6c3)cc5c3ccc5c6ccccc6oc5c34)NC2C=C1. The summed E-state index contributed by atoms with van der Waals surface area (Å²) in [4.78, 5) is 5.28. The van der Waals surface area contributed by atoms with Crippen LogP contribution in [-0.2, 0) is 0 Å². The molecule has 0 spiro atoms. The average Bonchev–Trinajstić information content (AvgIpc) is 4.52. The van der Waals surface area contributed by atoms with Crippen molar-refractivity contribution in [2.75, 3.05) is 10.6 Å². The molecule has 15 aromatic rings. The van der Waals surface area contributed by atoms with Gasteiger partial charge in [-0.3, -0.25) is 8.80 Å². The summed E-state index contributed by atoms with van der Waals surface area (Å²) in [6.45, 7) is 0. The van der Waals surface area contributed by atoms with Crippen molar-refractivity contribution in [1.29, 1.82) is 0 Å². The number of para-hydroxylation sites is 2. The van der Waals surface area contributed by atoms with Crippen molar-refractivity contribution in [1.82, 2.24) is 8.80 Å². The van der Waals surface area contributed by atoms with E-state index in [0.717, 1.165) is 89.1 Å². The van der Waals surface area contributed by atoms with Crippen LogP contribution in [0.4, 0.5) is 17.3 Å². The summed E-state index contributed by atoms with van der Waals surface area (Å²) in [7, 11) is 0. The molecule has 4 aliphatic rings. The number of aliphatic imine (C=N–C) groups is 1. The van der Waals surface area contributed by atoms with E-state index in [4.69, 9.17) is 13.8 Å². The van der Waals surface area contributed by atoms with E-state index in [1.807, 2.05) is 0 Å². The molecule has 0 radical (unpaired) electrons. The fourth-order valence-electron chi connectivity index (χ4n) is 13.7. The van der Waals surface area contributed by atoms with Crippen LogP contribution >= 0.6 is 0 Å². The van der Waals surface area contributed by atoms with Gasteiger partial charge in [0.15, 0.2) is 17.0 Å². The first-order valence-electron chi connectivity index (χ1n) is 26.2. The predicted molar refractivity (Wildman–Crippen MR) is 316 cm³/mol. The Morgan fingerprint density at radius 2 is 1.03 bits per heavy atom. The average molecular weight is 970 g/mol. The number of benzene rings is 9. The number of rotatable bonds is 3. The lowest BCUT2D eigenvalue weighted by Crippen LogP contribution is -2.29. The molecular weight excluding hydrogens is 931 g/mol. The molecule has 352 valence electrons. The molecule has 7 heteroatoms. The molecule has 0 amide bonds. The van der Waals surface area contributed by atoms with E-state index < -0.39 is 0 Å². The van der Waals surface area contributed by atoms with Crippen LogP contribution in [0.2, 0.25) is 0 Å². The Morgan fingerprint density at radius 1 is 0.408 bits per heavy atom. The van der Waals surface area contributed by atoms with Crippen molar-refractivity contribution in [3.63, 3.8) is 0 Å². The van der Waals surface area contributed by atoms with Gasteiger partial charge in [0.1, 0.15) is 17.0 Å². The molecule has 19 rings (SSSR count). The molecule has 2 aliphatic heterocycles. The Labute approximate surface area is 432 Å². The lowest BCUT2D eigenvalue weighted by atomic mass is 9.92. The number of hydrogen-bond donors (Lipinski definition) is 2. The number of anilines is 2. The second kappa shape index (κ2) is 13.9. The minimum Gasteiger partial charge on any atom is -0.454 e. The zero-order valence-electron chi connectivity index (χ0n) is 40.5.